The third-order valence-corrected chi connectivity index (χ3v) is 4.58. The minimum atomic E-state index is 0.480. The molecule has 0 aliphatic heterocycles. The van der Waals surface area contributed by atoms with E-state index in [0.717, 1.165) is 5.92 Å². The zero-order valence-electron chi connectivity index (χ0n) is 9.68. The quantitative estimate of drug-likeness (QED) is 0.599. The molecular formula is C13H20S. The summed E-state index contributed by atoms with van der Waals surface area (Å²) < 4.78 is 0. The van der Waals surface area contributed by atoms with Gasteiger partial charge in [-0.2, -0.15) is 0 Å². The molecule has 1 unspecified atom stereocenters. The smallest absolute Gasteiger partial charge is 0.00802 e. The maximum Gasteiger partial charge on any atom is 0.00802 e. The molecular weight excluding hydrogens is 188 g/mol. The van der Waals surface area contributed by atoms with Crippen LogP contribution in [0.4, 0.5) is 0 Å². The number of rotatable bonds is 0. The first-order valence-electron chi connectivity index (χ1n) is 5.55. The van der Waals surface area contributed by atoms with Crippen LogP contribution in [0.25, 0.3) is 0 Å². The Hall–Kier alpha value is -0.300. The molecule has 0 fully saturated rings. The Balaban J connectivity index is 2.21. The average molecular weight is 208 g/mol. The second kappa shape index (κ2) is 3.37. The van der Waals surface area contributed by atoms with E-state index in [-0.39, 0.29) is 0 Å². The van der Waals surface area contributed by atoms with Crippen molar-refractivity contribution in [1.82, 2.24) is 0 Å². The van der Waals surface area contributed by atoms with Crippen molar-refractivity contribution in [2.24, 2.45) is 11.3 Å². The van der Waals surface area contributed by atoms with Crippen LogP contribution in [-0.4, -0.2) is 0 Å². The second-order valence-electron chi connectivity index (χ2n) is 5.61. The van der Waals surface area contributed by atoms with Crippen LogP contribution in [0.15, 0.2) is 6.07 Å². The standard InChI is InChI=1S/C13H20S/c1-9-7-10-8-11(13(2,3)4)5-6-12(10)14-9/h7,11H,5-6,8H2,1-4H3. The van der Waals surface area contributed by atoms with Gasteiger partial charge in [-0.3, -0.25) is 0 Å². The van der Waals surface area contributed by atoms with Gasteiger partial charge in [0, 0.05) is 9.75 Å². The summed E-state index contributed by atoms with van der Waals surface area (Å²) in [6, 6.07) is 2.40. The van der Waals surface area contributed by atoms with Crippen LogP contribution < -0.4 is 0 Å². The first-order valence-corrected chi connectivity index (χ1v) is 6.36. The maximum atomic E-state index is 2.40. The van der Waals surface area contributed by atoms with Crippen molar-refractivity contribution in [2.45, 2.75) is 47.0 Å². The van der Waals surface area contributed by atoms with Gasteiger partial charge in [-0.25, -0.2) is 0 Å². The normalized spacial score (nSPS) is 22.1. The summed E-state index contributed by atoms with van der Waals surface area (Å²) in [5, 5.41) is 0. The topological polar surface area (TPSA) is 0 Å². The summed E-state index contributed by atoms with van der Waals surface area (Å²) in [6.07, 6.45) is 4.01. The molecule has 1 aliphatic rings. The second-order valence-corrected chi connectivity index (χ2v) is 6.95. The van der Waals surface area contributed by atoms with Gasteiger partial charge >= 0.3 is 0 Å². The number of fused-ring (bicyclic) bond motifs is 1. The fourth-order valence-corrected chi connectivity index (χ4v) is 3.49. The van der Waals surface area contributed by atoms with E-state index in [1.165, 1.54) is 24.1 Å². The minimum Gasteiger partial charge on any atom is -0.145 e. The molecule has 0 saturated heterocycles. The lowest BCUT2D eigenvalue weighted by atomic mass is 9.72. The fourth-order valence-electron chi connectivity index (χ4n) is 2.41. The summed E-state index contributed by atoms with van der Waals surface area (Å²) >= 11 is 2.00. The highest BCUT2D eigenvalue weighted by Gasteiger charge is 2.29. The Kier molecular flexibility index (Phi) is 2.46. The maximum absolute atomic E-state index is 2.40. The predicted molar refractivity (Wildman–Crippen MR) is 64.0 cm³/mol. The van der Waals surface area contributed by atoms with Gasteiger partial charge < -0.3 is 0 Å². The molecule has 0 nitrogen and oxygen atoms in total. The van der Waals surface area contributed by atoms with Crippen LogP contribution in [0.2, 0.25) is 0 Å². The van der Waals surface area contributed by atoms with E-state index in [4.69, 9.17) is 0 Å². The molecule has 0 spiro atoms. The van der Waals surface area contributed by atoms with Gasteiger partial charge in [0.1, 0.15) is 0 Å². The molecule has 1 atom stereocenters. The lowest BCUT2D eigenvalue weighted by Gasteiger charge is -2.33. The van der Waals surface area contributed by atoms with E-state index in [1.807, 2.05) is 11.3 Å². The monoisotopic (exact) mass is 208 g/mol. The molecule has 0 N–H and O–H groups in total. The van der Waals surface area contributed by atoms with Gasteiger partial charge in [-0.1, -0.05) is 20.8 Å². The first kappa shape index (κ1) is 10.2. The van der Waals surface area contributed by atoms with E-state index in [0.29, 0.717) is 5.41 Å². The molecule has 0 amide bonds. The van der Waals surface area contributed by atoms with Crippen molar-refractivity contribution in [3.8, 4) is 0 Å². The molecule has 1 heteroatoms. The molecule has 0 radical (unpaired) electrons. The van der Waals surface area contributed by atoms with Crippen LogP contribution in [0.5, 0.6) is 0 Å². The molecule has 0 aromatic carbocycles. The molecule has 0 bridgehead atoms. The number of aryl methyl sites for hydroxylation is 2. The van der Waals surface area contributed by atoms with Crippen LogP contribution in [0, 0.1) is 18.3 Å². The first-order chi connectivity index (χ1) is 6.47. The number of hydrogen-bond donors (Lipinski definition) is 0. The third kappa shape index (κ3) is 1.88. The van der Waals surface area contributed by atoms with Gasteiger partial charge in [0.15, 0.2) is 0 Å². The highest BCUT2D eigenvalue weighted by Crippen LogP contribution is 2.39. The molecule has 1 heterocycles. The summed E-state index contributed by atoms with van der Waals surface area (Å²) in [7, 11) is 0. The summed E-state index contributed by atoms with van der Waals surface area (Å²) in [5.74, 6) is 0.879. The van der Waals surface area contributed by atoms with E-state index in [9.17, 15) is 0 Å². The van der Waals surface area contributed by atoms with Gasteiger partial charge in [-0.05, 0) is 49.1 Å². The Morgan fingerprint density at radius 1 is 1.36 bits per heavy atom. The molecule has 1 aromatic heterocycles. The lowest BCUT2D eigenvalue weighted by Crippen LogP contribution is -2.26. The van der Waals surface area contributed by atoms with E-state index >= 15 is 0 Å². The SMILES string of the molecule is Cc1cc2c(s1)CCC(C(C)(C)C)C2. The average Bonchev–Trinajstić information content (AvgIpc) is 2.41. The van der Waals surface area contributed by atoms with Gasteiger partial charge in [0.05, 0.1) is 0 Å². The molecule has 2 rings (SSSR count). The van der Waals surface area contributed by atoms with Crippen molar-refractivity contribution in [2.75, 3.05) is 0 Å². The predicted octanol–water partition coefficient (Wildman–Crippen LogP) is 4.21. The Morgan fingerprint density at radius 3 is 2.71 bits per heavy atom. The largest absolute Gasteiger partial charge is 0.145 e. The highest BCUT2D eigenvalue weighted by atomic mass is 32.1. The molecule has 1 aromatic rings. The van der Waals surface area contributed by atoms with E-state index < -0.39 is 0 Å². The minimum absolute atomic E-state index is 0.480. The van der Waals surface area contributed by atoms with Crippen LogP contribution in [0.3, 0.4) is 0 Å². The summed E-state index contributed by atoms with van der Waals surface area (Å²) in [5.41, 5.74) is 2.12. The van der Waals surface area contributed by atoms with Crippen molar-refractivity contribution in [3.05, 3.63) is 21.4 Å². The van der Waals surface area contributed by atoms with Crippen molar-refractivity contribution in [1.29, 1.82) is 0 Å². The van der Waals surface area contributed by atoms with E-state index in [1.54, 1.807) is 10.4 Å². The van der Waals surface area contributed by atoms with E-state index in [2.05, 4.69) is 33.8 Å². The Labute approximate surface area is 91.4 Å². The van der Waals surface area contributed by atoms with Crippen LogP contribution >= 0.6 is 11.3 Å². The van der Waals surface area contributed by atoms with Crippen molar-refractivity contribution >= 4 is 11.3 Å². The molecule has 0 saturated carbocycles. The lowest BCUT2D eigenvalue weighted by molar-refractivity contribution is 0.217. The van der Waals surface area contributed by atoms with Crippen LogP contribution in [0.1, 0.15) is 42.5 Å². The van der Waals surface area contributed by atoms with Gasteiger partial charge in [-0.15, -0.1) is 11.3 Å². The molecule has 1 aliphatic carbocycles. The summed E-state index contributed by atoms with van der Waals surface area (Å²) in [4.78, 5) is 3.15. The van der Waals surface area contributed by atoms with Gasteiger partial charge in [0.2, 0.25) is 0 Å². The zero-order chi connectivity index (χ0) is 10.3. The van der Waals surface area contributed by atoms with Crippen molar-refractivity contribution in [3.63, 3.8) is 0 Å². The Bertz CT molecular complexity index is 327. The van der Waals surface area contributed by atoms with Crippen molar-refractivity contribution < 1.29 is 0 Å². The van der Waals surface area contributed by atoms with Gasteiger partial charge in [0.25, 0.3) is 0 Å². The molecule has 78 valence electrons. The highest BCUT2D eigenvalue weighted by molar-refractivity contribution is 7.12. The third-order valence-electron chi connectivity index (χ3n) is 3.43. The molecule has 14 heavy (non-hydrogen) atoms. The summed E-state index contributed by atoms with van der Waals surface area (Å²) in [6.45, 7) is 9.36. The number of hydrogen-bond acceptors (Lipinski definition) is 1. The van der Waals surface area contributed by atoms with Crippen LogP contribution in [-0.2, 0) is 12.8 Å². The Morgan fingerprint density at radius 2 is 2.07 bits per heavy atom. The number of thiophene rings is 1. The zero-order valence-corrected chi connectivity index (χ0v) is 10.5. The fraction of sp³-hybridized carbons (Fsp3) is 0.692.